The smallest absolute Gasteiger partial charge is 0.248 e. The van der Waals surface area contributed by atoms with Crippen LogP contribution in [0.25, 0.3) is 0 Å². The molecule has 2 aromatic rings. The summed E-state index contributed by atoms with van der Waals surface area (Å²) in [5.41, 5.74) is 0.612. The van der Waals surface area contributed by atoms with Gasteiger partial charge in [-0.15, -0.1) is 0 Å². The monoisotopic (exact) mass is 434 g/mol. The quantitative estimate of drug-likeness (QED) is 0.706. The first-order valence-corrected chi connectivity index (χ1v) is 10.6. The Hall–Kier alpha value is -1.47. The number of anilines is 2. The van der Waals surface area contributed by atoms with Crippen LogP contribution in [0.5, 0.6) is 0 Å². The van der Waals surface area contributed by atoms with Crippen molar-refractivity contribution in [2.75, 3.05) is 15.9 Å². The zero-order chi connectivity index (χ0) is 19.5. The van der Waals surface area contributed by atoms with Crippen LogP contribution in [0, 0.1) is 0 Å². The number of benzene rings is 2. The SMILES string of the molecule is CC[C@@H](C(=O)Nc1cc(Cl)ccc1Cl)N(c1cccc(Cl)c1)S(C)(=O)=O. The molecular weight excluding hydrogens is 419 g/mol. The lowest BCUT2D eigenvalue weighted by molar-refractivity contribution is -0.117. The molecule has 0 bridgehead atoms. The van der Waals surface area contributed by atoms with Crippen LogP contribution in [0.3, 0.4) is 0 Å². The minimum absolute atomic E-state index is 0.240. The second kappa shape index (κ2) is 8.48. The van der Waals surface area contributed by atoms with E-state index in [9.17, 15) is 13.2 Å². The van der Waals surface area contributed by atoms with Crippen LogP contribution < -0.4 is 9.62 Å². The second-order valence-corrected chi connectivity index (χ2v) is 8.72. The maximum Gasteiger partial charge on any atom is 0.248 e. The molecule has 140 valence electrons. The third-order valence-electron chi connectivity index (χ3n) is 3.58. The van der Waals surface area contributed by atoms with E-state index in [1.807, 2.05) is 0 Å². The number of nitrogens with zero attached hydrogens (tertiary/aromatic N) is 1. The van der Waals surface area contributed by atoms with Gasteiger partial charge in [0.25, 0.3) is 0 Å². The predicted octanol–water partition coefficient (Wildman–Crippen LogP) is 4.83. The average molecular weight is 436 g/mol. The third-order valence-corrected chi connectivity index (χ3v) is 5.56. The number of amides is 1. The molecule has 0 aromatic heterocycles. The van der Waals surface area contributed by atoms with Gasteiger partial charge in [0, 0.05) is 10.0 Å². The molecule has 0 fully saturated rings. The van der Waals surface area contributed by atoms with Gasteiger partial charge < -0.3 is 5.32 Å². The zero-order valence-electron chi connectivity index (χ0n) is 14.0. The van der Waals surface area contributed by atoms with E-state index in [0.717, 1.165) is 10.6 Å². The summed E-state index contributed by atoms with van der Waals surface area (Å²) in [6, 6.07) is 9.96. The minimum Gasteiger partial charge on any atom is -0.323 e. The van der Waals surface area contributed by atoms with E-state index in [0.29, 0.717) is 26.4 Å². The van der Waals surface area contributed by atoms with Crippen LogP contribution >= 0.6 is 34.8 Å². The molecule has 0 spiro atoms. The fraction of sp³-hybridized carbons (Fsp3) is 0.235. The average Bonchev–Trinajstić information content (AvgIpc) is 2.54. The molecule has 0 aliphatic rings. The highest BCUT2D eigenvalue weighted by atomic mass is 35.5. The van der Waals surface area contributed by atoms with Crippen LogP contribution in [0.1, 0.15) is 13.3 Å². The summed E-state index contributed by atoms with van der Waals surface area (Å²) in [5, 5.41) is 3.70. The third kappa shape index (κ3) is 5.04. The van der Waals surface area contributed by atoms with E-state index in [4.69, 9.17) is 34.8 Å². The summed E-state index contributed by atoms with van der Waals surface area (Å²) < 4.78 is 25.8. The molecule has 1 atom stereocenters. The van der Waals surface area contributed by atoms with Crippen molar-refractivity contribution >= 4 is 62.1 Å². The van der Waals surface area contributed by atoms with Gasteiger partial charge in [0.1, 0.15) is 6.04 Å². The molecule has 26 heavy (non-hydrogen) atoms. The molecule has 0 heterocycles. The molecule has 1 amide bonds. The van der Waals surface area contributed by atoms with Gasteiger partial charge in [0.15, 0.2) is 0 Å². The number of rotatable bonds is 6. The highest BCUT2D eigenvalue weighted by Gasteiger charge is 2.32. The molecule has 5 nitrogen and oxygen atoms in total. The minimum atomic E-state index is -3.75. The summed E-state index contributed by atoms with van der Waals surface area (Å²) in [4.78, 5) is 12.8. The van der Waals surface area contributed by atoms with Crippen LogP contribution in [0.2, 0.25) is 15.1 Å². The molecule has 0 aliphatic heterocycles. The summed E-state index contributed by atoms with van der Waals surface area (Å²) in [6.45, 7) is 1.71. The van der Waals surface area contributed by atoms with Gasteiger partial charge in [0.05, 0.1) is 22.7 Å². The molecule has 2 aromatic carbocycles. The lowest BCUT2D eigenvalue weighted by atomic mass is 10.2. The van der Waals surface area contributed by atoms with E-state index in [2.05, 4.69) is 5.32 Å². The normalized spacial score (nSPS) is 12.5. The van der Waals surface area contributed by atoms with Crippen molar-refractivity contribution in [2.24, 2.45) is 0 Å². The first-order valence-electron chi connectivity index (χ1n) is 7.64. The van der Waals surface area contributed by atoms with Crippen LogP contribution in [-0.4, -0.2) is 26.6 Å². The lowest BCUT2D eigenvalue weighted by Crippen LogP contribution is -2.47. The Morgan fingerprint density at radius 3 is 2.35 bits per heavy atom. The van der Waals surface area contributed by atoms with Crippen molar-refractivity contribution in [2.45, 2.75) is 19.4 Å². The van der Waals surface area contributed by atoms with Crippen molar-refractivity contribution in [3.8, 4) is 0 Å². The number of hydrogen-bond acceptors (Lipinski definition) is 3. The maximum absolute atomic E-state index is 12.8. The van der Waals surface area contributed by atoms with Crippen LogP contribution in [-0.2, 0) is 14.8 Å². The second-order valence-electron chi connectivity index (χ2n) is 5.58. The summed E-state index contributed by atoms with van der Waals surface area (Å²) in [5.74, 6) is -0.526. The zero-order valence-corrected chi connectivity index (χ0v) is 17.1. The Morgan fingerprint density at radius 1 is 1.12 bits per heavy atom. The van der Waals surface area contributed by atoms with Crippen LogP contribution in [0.4, 0.5) is 11.4 Å². The van der Waals surface area contributed by atoms with Gasteiger partial charge in [-0.1, -0.05) is 47.8 Å². The fourth-order valence-electron chi connectivity index (χ4n) is 2.48. The highest BCUT2D eigenvalue weighted by molar-refractivity contribution is 7.92. The predicted molar refractivity (Wildman–Crippen MR) is 108 cm³/mol. The van der Waals surface area contributed by atoms with Gasteiger partial charge in [-0.05, 0) is 42.8 Å². The fourth-order valence-corrected chi connectivity index (χ4v) is 4.21. The van der Waals surface area contributed by atoms with E-state index < -0.39 is 22.0 Å². The van der Waals surface area contributed by atoms with Gasteiger partial charge >= 0.3 is 0 Å². The maximum atomic E-state index is 12.8. The summed E-state index contributed by atoms with van der Waals surface area (Å²) in [6.07, 6.45) is 1.28. The van der Waals surface area contributed by atoms with Crippen molar-refractivity contribution in [1.29, 1.82) is 0 Å². The molecule has 0 saturated heterocycles. The van der Waals surface area contributed by atoms with Crippen LogP contribution in [0.15, 0.2) is 42.5 Å². The molecule has 2 rings (SSSR count). The molecule has 0 unspecified atom stereocenters. The Labute approximate surface area is 167 Å². The largest absolute Gasteiger partial charge is 0.323 e. The van der Waals surface area contributed by atoms with E-state index in [1.54, 1.807) is 37.3 Å². The Kier molecular flexibility index (Phi) is 6.80. The van der Waals surface area contributed by atoms with Crippen molar-refractivity contribution in [3.63, 3.8) is 0 Å². The Morgan fingerprint density at radius 2 is 1.77 bits per heavy atom. The van der Waals surface area contributed by atoms with Gasteiger partial charge in [-0.25, -0.2) is 8.42 Å². The van der Waals surface area contributed by atoms with E-state index in [-0.39, 0.29) is 6.42 Å². The first-order chi connectivity index (χ1) is 12.1. The number of sulfonamides is 1. The lowest BCUT2D eigenvalue weighted by Gasteiger charge is -2.30. The van der Waals surface area contributed by atoms with Crippen molar-refractivity contribution in [3.05, 3.63) is 57.5 Å². The first kappa shape index (κ1) is 20.8. The van der Waals surface area contributed by atoms with Crippen molar-refractivity contribution < 1.29 is 13.2 Å². The number of carbonyl (C=O) groups excluding carboxylic acids is 1. The standard InChI is InChI=1S/C17H17Cl3N2O3S/c1-3-16(17(23)21-15-10-12(19)7-8-14(15)20)22(26(2,24)25)13-6-4-5-11(18)9-13/h4-10,16H,3H2,1-2H3,(H,21,23)/t16-/m0/s1. The molecular formula is C17H17Cl3N2O3S. The van der Waals surface area contributed by atoms with E-state index in [1.165, 1.54) is 12.1 Å². The highest BCUT2D eigenvalue weighted by Crippen LogP contribution is 2.28. The molecule has 9 heteroatoms. The Balaban J connectivity index is 2.41. The summed E-state index contributed by atoms with van der Waals surface area (Å²) in [7, 11) is -3.75. The van der Waals surface area contributed by atoms with E-state index >= 15 is 0 Å². The molecule has 1 N–H and O–H groups in total. The molecule has 0 radical (unpaired) electrons. The summed E-state index contributed by atoms with van der Waals surface area (Å²) >= 11 is 18.0. The number of carbonyl (C=O) groups is 1. The molecule has 0 aliphatic carbocycles. The number of halogens is 3. The van der Waals surface area contributed by atoms with Gasteiger partial charge in [-0.2, -0.15) is 0 Å². The molecule has 0 saturated carbocycles. The number of nitrogens with one attached hydrogen (secondary N) is 1. The van der Waals surface area contributed by atoms with Crippen molar-refractivity contribution in [1.82, 2.24) is 0 Å². The van der Waals surface area contributed by atoms with Gasteiger partial charge in [-0.3, -0.25) is 9.10 Å². The van der Waals surface area contributed by atoms with Gasteiger partial charge in [0.2, 0.25) is 15.9 Å². The number of hydrogen-bond donors (Lipinski definition) is 1. The Bertz CT molecular complexity index is 919. The topological polar surface area (TPSA) is 66.5 Å².